The molecule has 0 radical (unpaired) electrons. The van der Waals surface area contributed by atoms with E-state index < -0.39 is 0 Å². The van der Waals surface area contributed by atoms with E-state index in [0.29, 0.717) is 18.8 Å². The summed E-state index contributed by atoms with van der Waals surface area (Å²) in [7, 11) is 0. The number of guanidine groups is 1. The maximum absolute atomic E-state index is 11.9. The van der Waals surface area contributed by atoms with Crippen molar-refractivity contribution in [1.29, 1.82) is 0 Å². The summed E-state index contributed by atoms with van der Waals surface area (Å²) >= 11 is 0. The minimum absolute atomic E-state index is 0.170. The summed E-state index contributed by atoms with van der Waals surface area (Å²) < 4.78 is 10.7. The maximum atomic E-state index is 11.9. The van der Waals surface area contributed by atoms with Crippen LogP contribution in [-0.4, -0.2) is 50.8 Å². The van der Waals surface area contributed by atoms with E-state index in [1.54, 1.807) is 6.07 Å². The Bertz CT molecular complexity index is 536. The highest BCUT2D eigenvalue weighted by Crippen LogP contribution is 2.11. The van der Waals surface area contributed by atoms with E-state index in [0.717, 1.165) is 50.5 Å². The van der Waals surface area contributed by atoms with Gasteiger partial charge in [-0.05, 0) is 39.2 Å². The number of hydrogen-bond acceptors (Lipinski definition) is 4. The minimum Gasteiger partial charge on any atom is -0.459 e. The molecule has 7 nitrogen and oxygen atoms in total. The summed E-state index contributed by atoms with van der Waals surface area (Å²) in [6, 6.07) is 1.78. The van der Waals surface area contributed by atoms with Crippen molar-refractivity contribution in [3.63, 3.8) is 0 Å². The molecule has 24 heavy (non-hydrogen) atoms. The lowest BCUT2D eigenvalue weighted by Gasteiger charge is -2.13. The van der Waals surface area contributed by atoms with Gasteiger partial charge in [-0.1, -0.05) is 0 Å². The zero-order valence-corrected chi connectivity index (χ0v) is 14.6. The number of furan rings is 1. The molecule has 1 unspecified atom stereocenters. The van der Waals surface area contributed by atoms with Gasteiger partial charge in [0, 0.05) is 31.8 Å². The van der Waals surface area contributed by atoms with Gasteiger partial charge >= 0.3 is 0 Å². The molecule has 1 fully saturated rings. The normalized spacial score (nSPS) is 17.8. The fourth-order valence-corrected chi connectivity index (χ4v) is 2.51. The largest absolute Gasteiger partial charge is 0.459 e. The number of carbonyl (C=O) groups excluding carboxylic acids is 1. The standard InChI is InChI=1S/C17H28N4O3/c1-3-18-17(21-12-14-6-4-10-23-14)20-9-5-8-19-16(22)15-13(2)7-11-24-15/h7,11,14H,3-6,8-10,12H2,1-2H3,(H,19,22)(H2,18,20,21). The van der Waals surface area contributed by atoms with Crippen LogP contribution in [-0.2, 0) is 4.74 Å². The van der Waals surface area contributed by atoms with E-state index in [2.05, 4.69) is 20.9 Å². The molecule has 2 rings (SSSR count). The molecule has 7 heteroatoms. The topological polar surface area (TPSA) is 87.9 Å². The summed E-state index contributed by atoms with van der Waals surface area (Å²) in [6.45, 7) is 7.54. The van der Waals surface area contributed by atoms with E-state index in [4.69, 9.17) is 9.15 Å². The summed E-state index contributed by atoms with van der Waals surface area (Å²) in [5.74, 6) is 1.01. The number of ether oxygens (including phenoxy) is 1. The van der Waals surface area contributed by atoms with Crippen LogP contribution in [0.4, 0.5) is 0 Å². The summed E-state index contributed by atoms with van der Waals surface area (Å²) in [6.07, 6.45) is 4.78. The van der Waals surface area contributed by atoms with E-state index in [1.807, 2.05) is 13.8 Å². The Kier molecular flexibility index (Phi) is 7.61. The van der Waals surface area contributed by atoms with Crippen LogP contribution in [0.25, 0.3) is 0 Å². The maximum Gasteiger partial charge on any atom is 0.287 e. The Hall–Kier alpha value is -2.02. The molecule has 0 bridgehead atoms. The number of amides is 1. The lowest BCUT2D eigenvalue weighted by atomic mass is 10.2. The highest BCUT2D eigenvalue weighted by atomic mass is 16.5. The number of carbonyl (C=O) groups is 1. The van der Waals surface area contributed by atoms with E-state index >= 15 is 0 Å². The van der Waals surface area contributed by atoms with Crippen molar-refractivity contribution in [3.8, 4) is 0 Å². The van der Waals surface area contributed by atoms with Crippen LogP contribution in [0.2, 0.25) is 0 Å². The second-order valence-corrected chi connectivity index (χ2v) is 5.82. The number of aliphatic imine (C=N–C) groups is 1. The molecule has 1 atom stereocenters. The Morgan fingerprint density at radius 3 is 2.83 bits per heavy atom. The average Bonchev–Trinajstić information content (AvgIpc) is 3.23. The second kappa shape index (κ2) is 9.97. The van der Waals surface area contributed by atoms with Gasteiger partial charge in [0.15, 0.2) is 11.7 Å². The lowest BCUT2D eigenvalue weighted by Crippen LogP contribution is -2.39. The zero-order chi connectivity index (χ0) is 17.2. The van der Waals surface area contributed by atoms with Crippen molar-refractivity contribution >= 4 is 11.9 Å². The van der Waals surface area contributed by atoms with E-state index in [1.165, 1.54) is 6.26 Å². The Morgan fingerprint density at radius 1 is 1.33 bits per heavy atom. The molecular weight excluding hydrogens is 308 g/mol. The first-order chi connectivity index (χ1) is 11.7. The quantitative estimate of drug-likeness (QED) is 0.380. The molecule has 1 amide bonds. The third-order valence-electron chi connectivity index (χ3n) is 3.82. The summed E-state index contributed by atoms with van der Waals surface area (Å²) in [5, 5.41) is 9.35. The van der Waals surface area contributed by atoms with E-state index in [-0.39, 0.29) is 12.0 Å². The molecule has 134 valence electrons. The van der Waals surface area contributed by atoms with Gasteiger partial charge in [0.1, 0.15) is 0 Å². The number of hydrogen-bond donors (Lipinski definition) is 3. The van der Waals surface area contributed by atoms with Crippen LogP contribution >= 0.6 is 0 Å². The average molecular weight is 336 g/mol. The summed E-state index contributed by atoms with van der Waals surface area (Å²) in [5.41, 5.74) is 0.848. The van der Waals surface area contributed by atoms with Crippen molar-refractivity contribution < 1.29 is 13.9 Å². The molecule has 1 aliphatic rings. The minimum atomic E-state index is -0.170. The first-order valence-electron chi connectivity index (χ1n) is 8.66. The molecule has 3 N–H and O–H groups in total. The molecule has 1 aliphatic heterocycles. The van der Waals surface area contributed by atoms with Crippen LogP contribution in [0, 0.1) is 6.92 Å². The molecule has 1 aromatic rings. The number of aryl methyl sites for hydroxylation is 1. The molecular formula is C17H28N4O3. The first kappa shape index (κ1) is 18.3. The third kappa shape index (κ3) is 5.88. The second-order valence-electron chi connectivity index (χ2n) is 5.82. The lowest BCUT2D eigenvalue weighted by molar-refractivity contribution is 0.0925. The van der Waals surface area contributed by atoms with Gasteiger partial charge in [-0.2, -0.15) is 0 Å². The van der Waals surface area contributed by atoms with Crippen LogP contribution < -0.4 is 16.0 Å². The predicted molar refractivity (Wildman–Crippen MR) is 93.4 cm³/mol. The smallest absolute Gasteiger partial charge is 0.287 e. The number of rotatable bonds is 8. The van der Waals surface area contributed by atoms with Crippen molar-refractivity contribution in [3.05, 3.63) is 23.7 Å². The van der Waals surface area contributed by atoms with Gasteiger partial charge in [-0.25, -0.2) is 0 Å². The van der Waals surface area contributed by atoms with Crippen molar-refractivity contribution in [1.82, 2.24) is 16.0 Å². The van der Waals surface area contributed by atoms with Crippen LogP contribution in [0.3, 0.4) is 0 Å². The van der Waals surface area contributed by atoms with Crippen LogP contribution in [0.1, 0.15) is 42.3 Å². The monoisotopic (exact) mass is 336 g/mol. The highest BCUT2D eigenvalue weighted by Gasteiger charge is 2.15. The van der Waals surface area contributed by atoms with Gasteiger partial charge < -0.3 is 25.1 Å². The highest BCUT2D eigenvalue weighted by molar-refractivity contribution is 5.92. The Balaban J connectivity index is 1.64. The predicted octanol–water partition coefficient (Wildman–Crippen LogP) is 1.44. The van der Waals surface area contributed by atoms with Crippen molar-refractivity contribution in [2.45, 2.75) is 39.2 Å². The van der Waals surface area contributed by atoms with Gasteiger partial charge in [0.05, 0.1) is 18.9 Å². The molecule has 1 saturated heterocycles. The molecule has 2 heterocycles. The van der Waals surface area contributed by atoms with Crippen LogP contribution in [0.5, 0.6) is 0 Å². The van der Waals surface area contributed by atoms with E-state index in [9.17, 15) is 4.79 Å². The Morgan fingerprint density at radius 2 is 2.17 bits per heavy atom. The van der Waals surface area contributed by atoms with Gasteiger partial charge in [-0.15, -0.1) is 0 Å². The molecule has 0 spiro atoms. The van der Waals surface area contributed by atoms with Gasteiger partial charge in [0.25, 0.3) is 5.91 Å². The van der Waals surface area contributed by atoms with Crippen molar-refractivity contribution in [2.75, 3.05) is 32.8 Å². The summed E-state index contributed by atoms with van der Waals surface area (Å²) in [4.78, 5) is 16.4. The van der Waals surface area contributed by atoms with Gasteiger partial charge in [0.2, 0.25) is 0 Å². The zero-order valence-electron chi connectivity index (χ0n) is 14.6. The third-order valence-corrected chi connectivity index (χ3v) is 3.82. The fraction of sp³-hybridized carbons (Fsp3) is 0.647. The molecule has 1 aromatic heterocycles. The van der Waals surface area contributed by atoms with Gasteiger partial charge in [-0.3, -0.25) is 9.79 Å². The molecule has 0 saturated carbocycles. The SMILES string of the molecule is CCNC(=NCC1CCCO1)NCCCNC(=O)c1occc1C. The molecule has 0 aromatic carbocycles. The molecule has 0 aliphatic carbocycles. The fourth-order valence-electron chi connectivity index (χ4n) is 2.51. The number of nitrogens with zero attached hydrogens (tertiary/aromatic N) is 1. The Labute approximate surface area is 143 Å². The van der Waals surface area contributed by atoms with Crippen LogP contribution in [0.15, 0.2) is 21.7 Å². The number of nitrogens with one attached hydrogen (secondary N) is 3. The van der Waals surface area contributed by atoms with Crippen molar-refractivity contribution in [2.24, 2.45) is 4.99 Å². The first-order valence-corrected chi connectivity index (χ1v) is 8.66.